The van der Waals surface area contributed by atoms with E-state index in [4.69, 9.17) is 9.47 Å². The molecule has 4 nitrogen and oxygen atoms in total. The number of phenolic OH excluding ortho intramolecular Hbond substituents is 1. The highest BCUT2D eigenvalue weighted by Gasteiger charge is 2.27. The SMILES string of the molecule is COc1ccc(C)cc1/C=C1/Oc2cc(O)ccc2C1=O. The predicted molar refractivity (Wildman–Crippen MR) is 78.8 cm³/mol. The van der Waals surface area contributed by atoms with Crippen LogP contribution in [0.4, 0.5) is 0 Å². The van der Waals surface area contributed by atoms with Gasteiger partial charge in [-0.05, 0) is 37.3 Å². The average Bonchev–Trinajstić information content (AvgIpc) is 2.75. The number of rotatable bonds is 2. The third kappa shape index (κ3) is 2.36. The average molecular weight is 282 g/mol. The molecular weight excluding hydrogens is 268 g/mol. The summed E-state index contributed by atoms with van der Waals surface area (Å²) in [6.07, 6.45) is 1.66. The van der Waals surface area contributed by atoms with Gasteiger partial charge in [-0.3, -0.25) is 4.79 Å². The van der Waals surface area contributed by atoms with Crippen molar-refractivity contribution in [3.05, 3.63) is 58.8 Å². The first kappa shape index (κ1) is 13.2. The fraction of sp³-hybridized carbons (Fsp3) is 0.118. The lowest BCUT2D eigenvalue weighted by Crippen LogP contribution is -1.99. The largest absolute Gasteiger partial charge is 0.508 e. The maximum absolute atomic E-state index is 12.3. The van der Waals surface area contributed by atoms with Gasteiger partial charge in [0, 0.05) is 11.6 Å². The summed E-state index contributed by atoms with van der Waals surface area (Å²) < 4.78 is 10.8. The van der Waals surface area contributed by atoms with Gasteiger partial charge >= 0.3 is 0 Å². The molecule has 0 saturated carbocycles. The quantitative estimate of drug-likeness (QED) is 0.858. The van der Waals surface area contributed by atoms with E-state index >= 15 is 0 Å². The summed E-state index contributed by atoms with van der Waals surface area (Å²) in [7, 11) is 1.58. The molecule has 0 aliphatic carbocycles. The van der Waals surface area contributed by atoms with Crippen LogP contribution in [0.2, 0.25) is 0 Å². The molecule has 0 bridgehead atoms. The van der Waals surface area contributed by atoms with Gasteiger partial charge in [0.15, 0.2) is 5.76 Å². The molecule has 1 heterocycles. The Hall–Kier alpha value is -2.75. The highest BCUT2D eigenvalue weighted by Crippen LogP contribution is 2.35. The van der Waals surface area contributed by atoms with Crippen molar-refractivity contribution in [2.75, 3.05) is 7.11 Å². The summed E-state index contributed by atoms with van der Waals surface area (Å²) in [5.41, 5.74) is 2.28. The van der Waals surface area contributed by atoms with Gasteiger partial charge in [0.2, 0.25) is 5.78 Å². The van der Waals surface area contributed by atoms with E-state index in [0.29, 0.717) is 17.1 Å². The Morgan fingerprint density at radius 3 is 2.76 bits per heavy atom. The van der Waals surface area contributed by atoms with Crippen LogP contribution in [0, 0.1) is 6.92 Å². The van der Waals surface area contributed by atoms with Crippen molar-refractivity contribution >= 4 is 11.9 Å². The fourth-order valence-corrected chi connectivity index (χ4v) is 2.28. The number of hydrogen-bond donors (Lipinski definition) is 1. The third-order valence-corrected chi connectivity index (χ3v) is 3.33. The van der Waals surface area contributed by atoms with Gasteiger partial charge in [-0.2, -0.15) is 0 Å². The van der Waals surface area contributed by atoms with Crippen LogP contribution >= 0.6 is 0 Å². The maximum atomic E-state index is 12.3. The lowest BCUT2D eigenvalue weighted by molar-refractivity contribution is 0.101. The number of carbonyl (C=O) groups is 1. The fourth-order valence-electron chi connectivity index (χ4n) is 2.28. The maximum Gasteiger partial charge on any atom is 0.231 e. The number of benzene rings is 2. The Kier molecular flexibility index (Phi) is 3.14. The van der Waals surface area contributed by atoms with Crippen LogP contribution in [0.1, 0.15) is 21.5 Å². The first-order valence-electron chi connectivity index (χ1n) is 6.50. The zero-order valence-corrected chi connectivity index (χ0v) is 11.7. The summed E-state index contributed by atoms with van der Waals surface area (Å²) in [6.45, 7) is 1.96. The van der Waals surface area contributed by atoms with Gasteiger partial charge in [0.1, 0.15) is 17.2 Å². The minimum absolute atomic E-state index is 0.0657. The molecule has 4 heteroatoms. The predicted octanol–water partition coefficient (Wildman–Crippen LogP) is 3.33. The zero-order chi connectivity index (χ0) is 15.0. The molecule has 0 amide bonds. The number of carbonyl (C=O) groups excluding carboxylic acids is 1. The lowest BCUT2D eigenvalue weighted by atomic mass is 10.1. The molecule has 21 heavy (non-hydrogen) atoms. The second-order valence-corrected chi connectivity index (χ2v) is 4.87. The number of phenols is 1. The van der Waals surface area contributed by atoms with Crippen molar-refractivity contribution in [3.8, 4) is 17.2 Å². The summed E-state index contributed by atoms with van der Waals surface area (Å²) >= 11 is 0. The van der Waals surface area contributed by atoms with E-state index in [0.717, 1.165) is 11.1 Å². The molecule has 0 radical (unpaired) electrons. The van der Waals surface area contributed by atoms with Gasteiger partial charge in [-0.25, -0.2) is 0 Å². The van der Waals surface area contributed by atoms with Crippen molar-refractivity contribution in [3.63, 3.8) is 0 Å². The molecule has 0 saturated heterocycles. The Morgan fingerprint density at radius 1 is 1.19 bits per heavy atom. The van der Waals surface area contributed by atoms with Crippen LogP contribution in [0.15, 0.2) is 42.2 Å². The van der Waals surface area contributed by atoms with E-state index in [1.54, 1.807) is 19.3 Å². The molecule has 106 valence electrons. The summed E-state index contributed by atoms with van der Waals surface area (Å²) in [5.74, 6) is 1.13. The third-order valence-electron chi connectivity index (χ3n) is 3.33. The van der Waals surface area contributed by atoms with E-state index in [1.807, 2.05) is 25.1 Å². The van der Waals surface area contributed by atoms with E-state index in [-0.39, 0.29) is 17.3 Å². The molecular formula is C17H14O4. The van der Waals surface area contributed by atoms with Crippen molar-refractivity contribution in [2.45, 2.75) is 6.92 Å². The van der Waals surface area contributed by atoms with Crippen LogP contribution in [0.3, 0.4) is 0 Å². The summed E-state index contributed by atoms with van der Waals surface area (Å²) in [5, 5.41) is 9.45. The molecule has 0 atom stereocenters. The van der Waals surface area contributed by atoms with E-state index in [2.05, 4.69) is 0 Å². The normalized spacial score (nSPS) is 15.0. The number of ketones is 1. The molecule has 2 aromatic carbocycles. The number of Topliss-reactive ketones (excluding diaryl/α,β-unsaturated/α-hetero) is 1. The molecule has 3 rings (SSSR count). The summed E-state index contributed by atoms with van der Waals surface area (Å²) in [6, 6.07) is 10.2. The second-order valence-electron chi connectivity index (χ2n) is 4.87. The molecule has 0 fully saturated rings. The van der Waals surface area contributed by atoms with Crippen LogP contribution in [0.5, 0.6) is 17.2 Å². The van der Waals surface area contributed by atoms with E-state index < -0.39 is 0 Å². The zero-order valence-electron chi connectivity index (χ0n) is 11.7. The number of aryl methyl sites for hydroxylation is 1. The number of aromatic hydroxyl groups is 1. The molecule has 1 N–H and O–H groups in total. The van der Waals surface area contributed by atoms with Crippen molar-refractivity contribution in [1.29, 1.82) is 0 Å². The first-order chi connectivity index (χ1) is 10.1. The van der Waals surface area contributed by atoms with Gasteiger partial charge in [0.25, 0.3) is 0 Å². The van der Waals surface area contributed by atoms with Gasteiger partial charge in [-0.1, -0.05) is 11.6 Å². The molecule has 1 aliphatic heterocycles. The Bertz CT molecular complexity index is 759. The molecule has 0 unspecified atom stereocenters. The van der Waals surface area contributed by atoms with Crippen LogP contribution in [0.25, 0.3) is 6.08 Å². The molecule has 0 spiro atoms. The lowest BCUT2D eigenvalue weighted by Gasteiger charge is -2.06. The van der Waals surface area contributed by atoms with Crippen LogP contribution in [-0.4, -0.2) is 18.0 Å². The summed E-state index contributed by atoms with van der Waals surface area (Å²) in [4.78, 5) is 12.3. The topological polar surface area (TPSA) is 55.8 Å². The minimum atomic E-state index is -0.200. The van der Waals surface area contributed by atoms with Gasteiger partial charge < -0.3 is 14.6 Å². The molecule has 0 aromatic heterocycles. The smallest absolute Gasteiger partial charge is 0.231 e. The highest BCUT2D eigenvalue weighted by atomic mass is 16.5. The number of allylic oxidation sites excluding steroid dienone is 1. The number of fused-ring (bicyclic) bond motifs is 1. The number of ether oxygens (including phenoxy) is 2. The van der Waals surface area contributed by atoms with E-state index in [1.165, 1.54) is 12.1 Å². The first-order valence-corrected chi connectivity index (χ1v) is 6.50. The van der Waals surface area contributed by atoms with Crippen molar-refractivity contribution in [2.24, 2.45) is 0 Å². The Labute approximate surface area is 122 Å². The molecule has 2 aromatic rings. The Morgan fingerprint density at radius 2 is 2.00 bits per heavy atom. The molecule has 1 aliphatic rings. The highest BCUT2D eigenvalue weighted by molar-refractivity contribution is 6.14. The van der Waals surface area contributed by atoms with Crippen LogP contribution < -0.4 is 9.47 Å². The van der Waals surface area contributed by atoms with Crippen LogP contribution in [-0.2, 0) is 0 Å². The monoisotopic (exact) mass is 282 g/mol. The standard InChI is InChI=1S/C17H14O4/c1-10-3-6-14(20-2)11(7-10)8-16-17(19)13-5-4-12(18)9-15(13)21-16/h3-9,18H,1-2H3/b16-8+. The minimum Gasteiger partial charge on any atom is -0.508 e. The van der Waals surface area contributed by atoms with Crippen molar-refractivity contribution in [1.82, 2.24) is 0 Å². The van der Waals surface area contributed by atoms with Crippen molar-refractivity contribution < 1.29 is 19.4 Å². The van der Waals surface area contributed by atoms with Gasteiger partial charge in [0.05, 0.1) is 12.7 Å². The second kappa shape index (κ2) is 4.98. The Balaban J connectivity index is 2.03. The number of methoxy groups -OCH3 is 1. The van der Waals surface area contributed by atoms with Gasteiger partial charge in [-0.15, -0.1) is 0 Å². The number of hydrogen-bond acceptors (Lipinski definition) is 4. The van der Waals surface area contributed by atoms with E-state index in [9.17, 15) is 9.90 Å².